The number of halogens is 2. The summed E-state index contributed by atoms with van der Waals surface area (Å²) >= 11 is 11.6. The van der Waals surface area contributed by atoms with E-state index in [1.165, 1.54) is 6.21 Å². The van der Waals surface area contributed by atoms with Crippen LogP contribution in [0.4, 0.5) is 0 Å². The minimum absolute atomic E-state index is 0.0804. The molecule has 17 heavy (non-hydrogen) atoms. The molecule has 1 rings (SSSR count). The summed E-state index contributed by atoms with van der Waals surface area (Å²) in [5, 5.41) is 4.80. The van der Waals surface area contributed by atoms with Crippen molar-refractivity contribution in [2.24, 2.45) is 5.10 Å². The van der Waals surface area contributed by atoms with Crippen molar-refractivity contribution in [2.45, 2.75) is 26.2 Å². The molecule has 3 nitrogen and oxygen atoms in total. The minimum Gasteiger partial charge on any atom is -0.273 e. The normalized spacial score (nSPS) is 10.8. The topological polar surface area (TPSA) is 41.5 Å². The van der Waals surface area contributed by atoms with Crippen molar-refractivity contribution in [3.63, 3.8) is 0 Å². The molecule has 0 bridgehead atoms. The number of rotatable bonds is 5. The van der Waals surface area contributed by atoms with E-state index in [-0.39, 0.29) is 5.91 Å². The summed E-state index contributed by atoms with van der Waals surface area (Å²) in [4.78, 5) is 11.2. The highest BCUT2D eigenvalue weighted by Gasteiger charge is 1.98. The standard InChI is InChI=1S/C12H14Cl2N2O/c1-2-3-4-12(17)16-15-8-9-5-6-10(13)11(14)7-9/h5-8H,2-4H2,1H3,(H,16,17)/b15-8+. The molecule has 0 radical (unpaired) electrons. The molecule has 0 aliphatic heterocycles. The van der Waals surface area contributed by atoms with Crippen LogP contribution in [0.5, 0.6) is 0 Å². The van der Waals surface area contributed by atoms with Gasteiger partial charge in [-0.25, -0.2) is 5.43 Å². The number of nitrogens with one attached hydrogen (secondary N) is 1. The lowest BCUT2D eigenvalue weighted by Crippen LogP contribution is -2.16. The zero-order valence-corrected chi connectivity index (χ0v) is 11.1. The number of hydrogen-bond donors (Lipinski definition) is 1. The average molecular weight is 273 g/mol. The zero-order chi connectivity index (χ0) is 12.7. The highest BCUT2D eigenvalue weighted by Crippen LogP contribution is 2.21. The van der Waals surface area contributed by atoms with Gasteiger partial charge in [0.2, 0.25) is 5.91 Å². The Morgan fingerprint density at radius 1 is 1.41 bits per heavy atom. The molecule has 0 saturated carbocycles. The molecule has 0 fully saturated rings. The summed E-state index contributed by atoms with van der Waals surface area (Å²) in [6.07, 6.45) is 3.89. The van der Waals surface area contributed by atoms with Crippen LogP contribution in [0.15, 0.2) is 23.3 Å². The fraction of sp³-hybridized carbons (Fsp3) is 0.333. The first-order chi connectivity index (χ1) is 8.13. The zero-order valence-electron chi connectivity index (χ0n) is 9.54. The van der Waals surface area contributed by atoms with E-state index in [2.05, 4.69) is 10.5 Å². The number of unbranched alkanes of at least 4 members (excludes halogenated alkanes) is 1. The second-order valence-corrected chi connectivity index (χ2v) is 4.38. The Labute approximate surface area is 111 Å². The Kier molecular flexibility index (Phi) is 6.01. The molecule has 0 aromatic heterocycles. The van der Waals surface area contributed by atoms with Crippen molar-refractivity contribution in [1.29, 1.82) is 0 Å². The molecular weight excluding hydrogens is 259 g/mol. The van der Waals surface area contributed by atoms with Gasteiger partial charge in [0.25, 0.3) is 0 Å². The van der Waals surface area contributed by atoms with Crippen LogP contribution in [0.25, 0.3) is 0 Å². The summed E-state index contributed by atoms with van der Waals surface area (Å²) in [6, 6.07) is 5.14. The number of carbonyl (C=O) groups is 1. The molecule has 0 heterocycles. The molecule has 92 valence electrons. The molecule has 1 N–H and O–H groups in total. The minimum atomic E-state index is -0.0804. The van der Waals surface area contributed by atoms with Gasteiger partial charge in [-0.05, 0) is 24.1 Å². The quantitative estimate of drug-likeness (QED) is 0.646. The fourth-order valence-corrected chi connectivity index (χ4v) is 1.47. The van der Waals surface area contributed by atoms with Gasteiger partial charge in [-0.1, -0.05) is 42.6 Å². The molecule has 0 aliphatic carbocycles. The van der Waals surface area contributed by atoms with Gasteiger partial charge in [-0.3, -0.25) is 4.79 Å². The molecule has 0 spiro atoms. The van der Waals surface area contributed by atoms with E-state index in [0.717, 1.165) is 18.4 Å². The molecule has 1 aromatic rings. The maximum Gasteiger partial charge on any atom is 0.240 e. The van der Waals surface area contributed by atoms with Gasteiger partial charge in [0.15, 0.2) is 0 Å². The van der Waals surface area contributed by atoms with Crippen molar-refractivity contribution in [3.8, 4) is 0 Å². The second kappa shape index (κ2) is 7.30. The Bertz CT molecular complexity index is 419. The monoisotopic (exact) mass is 272 g/mol. The molecular formula is C12H14Cl2N2O. The third kappa shape index (κ3) is 5.20. The first kappa shape index (κ1) is 14.0. The van der Waals surface area contributed by atoms with Gasteiger partial charge in [0.1, 0.15) is 0 Å². The van der Waals surface area contributed by atoms with E-state index in [1.54, 1.807) is 18.2 Å². The molecule has 5 heteroatoms. The number of amides is 1. The van der Waals surface area contributed by atoms with Crippen LogP contribution in [0, 0.1) is 0 Å². The average Bonchev–Trinajstić information content (AvgIpc) is 2.31. The number of nitrogens with zero attached hydrogens (tertiary/aromatic N) is 1. The molecule has 0 unspecified atom stereocenters. The van der Waals surface area contributed by atoms with Crippen molar-refractivity contribution in [3.05, 3.63) is 33.8 Å². The lowest BCUT2D eigenvalue weighted by molar-refractivity contribution is -0.121. The third-order valence-corrected chi connectivity index (χ3v) is 2.84. The van der Waals surface area contributed by atoms with E-state index in [4.69, 9.17) is 23.2 Å². The SMILES string of the molecule is CCCCC(=O)N/N=C/c1ccc(Cl)c(Cl)c1. The third-order valence-electron chi connectivity index (χ3n) is 2.10. The Hall–Kier alpha value is -1.06. The number of hydrazone groups is 1. The van der Waals surface area contributed by atoms with Gasteiger partial charge >= 0.3 is 0 Å². The molecule has 1 aromatic carbocycles. The maximum atomic E-state index is 11.2. The fourth-order valence-electron chi connectivity index (χ4n) is 1.16. The molecule has 0 saturated heterocycles. The maximum absolute atomic E-state index is 11.2. The van der Waals surface area contributed by atoms with Gasteiger partial charge in [0, 0.05) is 6.42 Å². The number of hydrogen-bond acceptors (Lipinski definition) is 2. The molecule has 0 atom stereocenters. The summed E-state index contributed by atoms with van der Waals surface area (Å²) in [5.41, 5.74) is 3.24. The Morgan fingerprint density at radius 3 is 2.82 bits per heavy atom. The Morgan fingerprint density at radius 2 is 2.18 bits per heavy atom. The van der Waals surface area contributed by atoms with Gasteiger partial charge in [-0.15, -0.1) is 0 Å². The van der Waals surface area contributed by atoms with Gasteiger partial charge < -0.3 is 0 Å². The molecule has 0 aliphatic rings. The summed E-state index contributed by atoms with van der Waals surface area (Å²) < 4.78 is 0. The van der Waals surface area contributed by atoms with Crippen molar-refractivity contribution in [1.82, 2.24) is 5.43 Å². The summed E-state index contributed by atoms with van der Waals surface area (Å²) in [5.74, 6) is -0.0804. The number of carbonyl (C=O) groups excluding carboxylic acids is 1. The first-order valence-corrected chi connectivity index (χ1v) is 6.16. The van der Waals surface area contributed by atoms with Gasteiger partial charge in [-0.2, -0.15) is 5.10 Å². The lowest BCUT2D eigenvalue weighted by atomic mass is 10.2. The van der Waals surface area contributed by atoms with E-state index < -0.39 is 0 Å². The predicted molar refractivity (Wildman–Crippen MR) is 71.7 cm³/mol. The Balaban J connectivity index is 2.48. The summed E-state index contributed by atoms with van der Waals surface area (Å²) in [7, 11) is 0. The van der Waals surface area contributed by atoms with Crippen molar-refractivity contribution < 1.29 is 4.79 Å². The van der Waals surface area contributed by atoms with E-state index in [0.29, 0.717) is 16.5 Å². The lowest BCUT2D eigenvalue weighted by Gasteiger charge is -1.99. The second-order valence-electron chi connectivity index (χ2n) is 3.57. The predicted octanol–water partition coefficient (Wildman–Crippen LogP) is 3.63. The van der Waals surface area contributed by atoms with Crippen LogP contribution in [0.2, 0.25) is 10.0 Å². The van der Waals surface area contributed by atoms with Crippen LogP contribution >= 0.6 is 23.2 Å². The first-order valence-electron chi connectivity index (χ1n) is 5.40. The largest absolute Gasteiger partial charge is 0.273 e. The van der Waals surface area contributed by atoms with Crippen LogP contribution in [0.1, 0.15) is 31.7 Å². The van der Waals surface area contributed by atoms with Crippen LogP contribution in [-0.4, -0.2) is 12.1 Å². The van der Waals surface area contributed by atoms with E-state index in [1.807, 2.05) is 6.92 Å². The van der Waals surface area contributed by atoms with Crippen molar-refractivity contribution in [2.75, 3.05) is 0 Å². The highest BCUT2D eigenvalue weighted by molar-refractivity contribution is 6.42. The smallest absolute Gasteiger partial charge is 0.240 e. The highest BCUT2D eigenvalue weighted by atomic mass is 35.5. The number of benzene rings is 1. The van der Waals surface area contributed by atoms with E-state index in [9.17, 15) is 4.79 Å². The van der Waals surface area contributed by atoms with Crippen LogP contribution < -0.4 is 5.43 Å². The van der Waals surface area contributed by atoms with E-state index >= 15 is 0 Å². The summed E-state index contributed by atoms with van der Waals surface area (Å²) in [6.45, 7) is 2.03. The molecule has 1 amide bonds. The van der Waals surface area contributed by atoms with Crippen LogP contribution in [0.3, 0.4) is 0 Å². The van der Waals surface area contributed by atoms with Gasteiger partial charge in [0.05, 0.1) is 16.3 Å². The van der Waals surface area contributed by atoms with Crippen molar-refractivity contribution >= 4 is 35.3 Å². The van der Waals surface area contributed by atoms with Crippen LogP contribution in [-0.2, 0) is 4.79 Å².